The fourth-order valence-corrected chi connectivity index (χ4v) is 4.19. The van der Waals surface area contributed by atoms with Crippen molar-refractivity contribution < 1.29 is 38.2 Å². The number of ketones is 1. The largest absolute Gasteiger partial charge is 0.493 e. The van der Waals surface area contributed by atoms with E-state index in [1.54, 1.807) is 13.0 Å². The van der Waals surface area contributed by atoms with Gasteiger partial charge in [-0.1, -0.05) is 12.1 Å². The number of methoxy groups -OCH3 is 2. The molecule has 0 saturated carbocycles. The highest BCUT2D eigenvalue weighted by Crippen LogP contribution is 2.35. The first-order valence-corrected chi connectivity index (χ1v) is 11.4. The fraction of sp³-hybridized carbons (Fsp3) is 0.308. The van der Waals surface area contributed by atoms with Crippen molar-refractivity contribution in [2.75, 3.05) is 27.4 Å². The Morgan fingerprint density at radius 3 is 2.41 bits per heavy atom. The van der Waals surface area contributed by atoms with Gasteiger partial charge in [0.15, 0.2) is 35.7 Å². The molecule has 11 heteroatoms. The van der Waals surface area contributed by atoms with Gasteiger partial charge in [-0.25, -0.2) is 4.79 Å². The molecule has 0 bridgehead atoms. The Kier molecular flexibility index (Phi) is 7.32. The average Bonchev–Trinajstić information content (AvgIpc) is 3.18. The maximum absolute atomic E-state index is 12.9. The van der Waals surface area contributed by atoms with E-state index in [2.05, 4.69) is 0 Å². The highest BCUT2D eigenvalue weighted by molar-refractivity contribution is 6.01. The second-order valence-electron chi connectivity index (χ2n) is 8.37. The van der Waals surface area contributed by atoms with Crippen LogP contribution in [0.25, 0.3) is 0 Å². The van der Waals surface area contributed by atoms with Crippen LogP contribution in [0.15, 0.2) is 42.5 Å². The van der Waals surface area contributed by atoms with E-state index in [4.69, 9.17) is 23.7 Å². The first-order chi connectivity index (χ1) is 17.7. The summed E-state index contributed by atoms with van der Waals surface area (Å²) in [7, 11) is 2.66. The van der Waals surface area contributed by atoms with Gasteiger partial charge in [-0.05, 0) is 32.0 Å². The zero-order valence-corrected chi connectivity index (χ0v) is 20.8. The SMILES string of the molecule is COc1cc(C(=O)OCC(=O)c2cc(C)n(CC3COc4ccccc4O3)c2C)c([N+](=O)[O-])cc1OC. The quantitative estimate of drug-likeness (QED) is 0.182. The predicted molar refractivity (Wildman–Crippen MR) is 131 cm³/mol. The molecule has 37 heavy (non-hydrogen) atoms. The summed E-state index contributed by atoms with van der Waals surface area (Å²) in [6, 6.07) is 11.3. The van der Waals surface area contributed by atoms with Gasteiger partial charge in [-0.3, -0.25) is 14.9 Å². The van der Waals surface area contributed by atoms with E-state index < -0.39 is 29.0 Å². The highest BCUT2D eigenvalue weighted by atomic mass is 16.6. The van der Waals surface area contributed by atoms with Gasteiger partial charge < -0.3 is 28.3 Å². The predicted octanol–water partition coefficient (Wildman–Crippen LogP) is 3.91. The Hall–Kier alpha value is -4.54. The van der Waals surface area contributed by atoms with Crippen molar-refractivity contribution in [3.63, 3.8) is 0 Å². The normalized spacial score (nSPS) is 14.1. The number of rotatable bonds is 9. The van der Waals surface area contributed by atoms with Gasteiger partial charge in [0.1, 0.15) is 12.2 Å². The maximum atomic E-state index is 12.9. The van der Waals surface area contributed by atoms with Gasteiger partial charge in [0.2, 0.25) is 5.78 Å². The van der Waals surface area contributed by atoms with Crippen LogP contribution in [-0.4, -0.2) is 54.8 Å². The molecule has 0 N–H and O–H groups in total. The van der Waals surface area contributed by atoms with E-state index in [0.717, 1.165) is 17.8 Å². The Labute approximate surface area is 212 Å². The molecule has 2 aromatic carbocycles. The molecule has 194 valence electrons. The number of nitro groups is 1. The van der Waals surface area contributed by atoms with Gasteiger partial charge in [0.05, 0.1) is 31.8 Å². The Morgan fingerprint density at radius 2 is 1.73 bits per heavy atom. The molecule has 4 rings (SSSR count). The molecule has 0 fully saturated rings. The summed E-state index contributed by atoms with van der Waals surface area (Å²) in [5, 5.41) is 11.5. The molecular weight excluding hydrogens is 484 g/mol. The third kappa shape index (κ3) is 5.20. The minimum atomic E-state index is -1.03. The van der Waals surface area contributed by atoms with E-state index in [0.29, 0.717) is 35.9 Å². The van der Waals surface area contributed by atoms with Crippen LogP contribution >= 0.6 is 0 Å². The number of hydrogen-bond donors (Lipinski definition) is 0. The van der Waals surface area contributed by atoms with E-state index in [-0.39, 0.29) is 23.2 Å². The second kappa shape index (κ2) is 10.6. The van der Waals surface area contributed by atoms with Gasteiger partial charge in [0, 0.05) is 23.0 Å². The molecule has 1 aromatic heterocycles. The minimum Gasteiger partial charge on any atom is -0.493 e. The van der Waals surface area contributed by atoms with Crippen molar-refractivity contribution in [2.45, 2.75) is 26.5 Å². The van der Waals surface area contributed by atoms with Crippen LogP contribution in [0, 0.1) is 24.0 Å². The highest BCUT2D eigenvalue weighted by Gasteiger charge is 2.28. The van der Waals surface area contributed by atoms with Crippen LogP contribution in [0.2, 0.25) is 0 Å². The summed E-state index contributed by atoms with van der Waals surface area (Å²) in [5.41, 5.74) is 1.01. The first-order valence-electron chi connectivity index (χ1n) is 11.4. The molecule has 3 aromatic rings. The maximum Gasteiger partial charge on any atom is 0.345 e. The third-order valence-corrected chi connectivity index (χ3v) is 6.08. The number of ether oxygens (including phenoxy) is 5. The number of carbonyl (C=O) groups is 2. The Balaban J connectivity index is 1.46. The summed E-state index contributed by atoms with van der Waals surface area (Å²) in [4.78, 5) is 36.4. The fourth-order valence-electron chi connectivity index (χ4n) is 4.19. The lowest BCUT2D eigenvalue weighted by Gasteiger charge is -2.27. The lowest BCUT2D eigenvalue weighted by atomic mass is 10.1. The number of carbonyl (C=O) groups excluding carboxylic acids is 2. The molecule has 0 aliphatic carbocycles. The molecule has 0 amide bonds. The van der Waals surface area contributed by atoms with Crippen LogP contribution in [0.3, 0.4) is 0 Å². The molecule has 0 saturated heterocycles. The van der Waals surface area contributed by atoms with Crippen molar-refractivity contribution in [2.24, 2.45) is 0 Å². The van der Waals surface area contributed by atoms with Gasteiger partial charge >= 0.3 is 5.97 Å². The van der Waals surface area contributed by atoms with Crippen molar-refractivity contribution in [3.05, 3.63) is 75.1 Å². The topological polar surface area (TPSA) is 128 Å². The number of nitro benzene ring substituents is 1. The van der Waals surface area contributed by atoms with Crippen molar-refractivity contribution in [1.29, 1.82) is 0 Å². The summed E-state index contributed by atoms with van der Waals surface area (Å²) < 4.78 is 29.1. The molecule has 2 heterocycles. The summed E-state index contributed by atoms with van der Waals surface area (Å²) in [5.74, 6) is 0.0838. The minimum absolute atomic E-state index is 0.0881. The summed E-state index contributed by atoms with van der Waals surface area (Å²) in [6.45, 7) is 3.88. The molecule has 0 spiro atoms. The van der Waals surface area contributed by atoms with Crippen molar-refractivity contribution in [3.8, 4) is 23.0 Å². The number of benzene rings is 2. The third-order valence-electron chi connectivity index (χ3n) is 6.08. The summed E-state index contributed by atoms with van der Waals surface area (Å²) >= 11 is 0. The molecule has 1 aliphatic heterocycles. The van der Waals surface area contributed by atoms with E-state index in [1.807, 2.05) is 35.8 Å². The van der Waals surface area contributed by atoms with E-state index in [9.17, 15) is 19.7 Å². The zero-order chi connectivity index (χ0) is 26.7. The molecule has 1 atom stereocenters. The van der Waals surface area contributed by atoms with Crippen molar-refractivity contribution in [1.82, 2.24) is 4.57 Å². The molecular formula is C26H26N2O9. The Morgan fingerprint density at radius 1 is 1.05 bits per heavy atom. The van der Waals surface area contributed by atoms with Crippen LogP contribution in [0.5, 0.6) is 23.0 Å². The number of aromatic nitrogens is 1. The number of hydrogen-bond acceptors (Lipinski definition) is 9. The lowest BCUT2D eigenvalue weighted by molar-refractivity contribution is -0.385. The van der Waals surface area contributed by atoms with Gasteiger partial charge in [0.25, 0.3) is 5.69 Å². The molecule has 11 nitrogen and oxygen atoms in total. The van der Waals surface area contributed by atoms with Crippen LogP contribution in [0.4, 0.5) is 5.69 Å². The number of esters is 1. The molecule has 1 aliphatic rings. The monoisotopic (exact) mass is 510 g/mol. The van der Waals surface area contributed by atoms with E-state index >= 15 is 0 Å². The lowest BCUT2D eigenvalue weighted by Crippen LogP contribution is -2.33. The van der Waals surface area contributed by atoms with Gasteiger partial charge in [-0.15, -0.1) is 0 Å². The Bertz CT molecular complexity index is 1360. The number of aryl methyl sites for hydroxylation is 1. The van der Waals surface area contributed by atoms with Crippen molar-refractivity contribution >= 4 is 17.4 Å². The van der Waals surface area contributed by atoms with Crippen LogP contribution in [-0.2, 0) is 11.3 Å². The van der Waals surface area contributed by atoms with Crippen LogP contribution in [0.1, 0.15) is 32.1 Å². The number of nitrogens with zero attached hydrogens (tertiary/aromatic N) is 2. The summed E-state index contributed by atoms with van der Waals surface area (Å²) in [6.07, 6.45) is -0.258. The van der Waals surface area contributed by atoms with Crippen LogP contribution < -0.4 is 18.9 Å². The average molecular weight is 510 g/mol. The first kappa shape index (κ1) is 25.5. The number of Topliss-reactive ketones (excluding diaryl/α,β-unsaturated/α-hetero) is 1. The van der Waals surface area contributed by atoms with Gasteiger partial charge in [-0.2, -0.15) is 0 Å². The molecule has 0 radical (unpaired) electrons. The van der Waals surface area contributed by atoms with E-state index in [1.165, 1.54) is 14.2 Å². The zero-order valence-electron chi connectivity index (χ0n) is 20.8. The molecule has 1 unspecified atom stereocenters. The second-order valence-corrected chi connectivity index (χ2v) is 8.37. The smallest absolute Gasteiger partial charge is 0.345 e. The number of para-hydroxylation sites is 2. The number of fused-ring (bicyclic) bond motifs is 1. The standard InChI is InChI=1S/C26H26N2O9/c1-15-9-18(16(2)27(15)12-17-13-35-22-7-5-6-8-23(22)37-17)21(29)14-36-26(30)19-10-24(33-3)25(34-4)11-20(19)28(31)32/h5-11,17H,12-14H2,1-4H3.